The topological polar surface area (TPSA) is 69.0 Å². The summed E-state index contributed by atoms with van der Waals surface area (Å²) in [7, 11) is 0. The van der Waals surface area contributed by atoms with Crippen LogP contribution >= 0.6 is 0 Å². The molecule has 1 amide bonds. The fourth-order valence-corrected chi connectivity index (χ4v) is 4.03. The van der Waals surface area contributed by atoms with Crippen molar-refractivity contribution in [3.63, 3.8) is 0 Å². The molecule has 0 unspecified atom stereocenters. The average Bonchev–Trinajstić information content (AvgIpc) is 3.06. The fourth-order valence-electron chi connectivity index (χ4n) is 4.03. The van der Waals surface area contributed by atoms with Gasteiger partial charge < -0.3 is 10.1 Å². The molecule has 2 heterocycles. The Morgan fingerprint density at radius 1 is 1.42 bits per heavy atom. The van der Waals surface area contributed by atoms with Gasteiger partial charge in [-0.25, -0.2) is 9.67 Å². The van der Waals surface area contributed by atoms with Crippen molar-refractivity contribution in [2.45, 2.75) is 44.8 Å². The molecule has 0 radical (unpaired) electrons. The standard InChI is InChI=1S/C18H22N4O2/c1-2-24-15-12-14(18(15)7-4-8-18)21-17(23)13-6-3-9-19-16(13)22-11-5-10-20-22/h3,5-6,9-11,14-15H,2,4,7-8,12H2,1H3,(H,21,23)/t14-,15+/m1/s1. The Balaban J connectivity index is 1.52. The molecule has 0 aromatic carbocycles. The van der Waals surface area contributed by atoms with Crippen LogP contribution in [0.2, 0.25) is 0 Å². The van der Waals surface area contributed by atoms with Crippen molar-refractivity contribution in [2.24, 2.45) is 5.41 Å². The molecule has 2 aliphatic carbocycles. The van der Waals surface area contributed by atoms with Gasteiger partial charge in [0.25, 0.3) is 5.91 Å². The Labute approximate surface area is 141 Å². The normalized spacial score (nSPS) is 24.2. The van der Waals surface area contributed by atoms with Crippen molar-refractivity contribution in [1.82, 2.24) is 20.1 Å². The van der Waals surface area contributed by atoms with E-state index in [0.29, 0.717) is 17.5 Å². The number of nitrogens with zero attached hydrogens (tertiary/aromatic N) is 3. The van der Waals surface area contributed by atoms with Gasteiger partial charge in [-0.3, -0.25) is 4.79 Å². The summed E-state index contributed by atoms with van der Waals surface area (Å²) in [6.07, 6.45) is 9.84. The van der Waals surface area contributed by atoms with E-state index >= 15 is 0 Å². The molecule has 4 rings (SSSR count). The first-order valence-corrected chi connectivity index (χ1v) is 8.62. The van der Waals surface area contributed by atoms with E-state index in [0.717, 1.165) is 25.9 Å². The van der Waals surface area contributed by atoms with Gasteiger partial charge in [0, 0.05) is 36.7 Å². The maximum Gasteiger partial charge on any atom is 0.255 e. The molecular weight excluding hydrogens is 304 g/mol. The Hall–Kier alpha value is -2.21. The van der Waals surface area contributed by atoms with Crippen LogP contribution in [-0.2, 0) is 4.74 Å². The maximum absolute atomic E-state index is 12.8. The van der Waals surface area contributed by atoms with Gasteiger partial charge in [0.15, 0.2) is 5.82 Å². The van der Waals surface area contributed by atoms with Gasteiger partial charge in [0.1, 0.15) is 0 Å². The van der Waals surface area contributed by atoms with Crippen molar-refractivity contribution < 1.29 is 9.53 Å². The summed E-state index contributed by atoms with van der Waals surface area (Å²) in [4.78, 5) is 17.1. The van der Waals surface area contributed by atoms with Crippen LogP contribution in [0.5, 0.6) is 0 Å². The van der Waals surface area contributed by atoms with E-state index in [2.05, 4.69) is 15.4 Å². The van der Waals surface area contributed by atoms with Crippen LogP contribution in [0.3, 0.4) is 0 Å². The number of nitrogens with one attached hydrogen (secondary N) is 1. The highest BCUT2D eigenvalue weighted by Crippen LogP contribution is 2.57. The van der Waals surface area contributed by atoms with Gasteiger partial charge in [0.05, 0.1) is 11.7 Å². The van der Waals surface area contributed by atoms with Gasteiger partial charge in [-0.1, -0.05) is 6.42 Å². The van der Waals surface area contributed by atoms with Gasteiger partial charge >= 0.3 is 0 Å². The summed E-state index contributed by atoms with van der Waals surface area (Å²) in [6, 6.07) is 5.59. The second-order valence-electron chi connectivity index (χ2n) is 6.62. The molecule has 6 nitrogen and oxygen atoms in total. The lowest BCUT2D eigenvalue weighted by Gasteiger charge is -2.61. The predicted molar refractivity (Wildman–Crippen MR) is 88.9 cm³/mol. The summed E-state index contributed by atoms with van der Waals surface area (Å²) in [5.74, 6) is 0.475. The van der Waals surface area contributed by atoms with Crippen LogP contribution in [0.25, 0.3) is 5.82 Å². The summed E-state index contributed by atoms with van der Waals surface area (Å²) in [5, 5.41) is 7.41. The highest BCUT2D eigenvalue weighted by molar-refractivity contribution is 5.97. The molecule has 0 bridgehead atoms. The van der Waals surface area contributed by atoms with E-state index in [1.54, 1.807) is 35.4 Å². The van der Waals surface area contributed by atoms with E-state index in [1.807, 2.05) is 13.0 Å². The smallest absolute Gasteiger partial charge is 0.255 e. The van der Waals surface area contributed by atoms with E-state index in [1.165, 1.54) is 6.42 Å². The summed E-state index contributed by atoms with van der Waals surface area (Å²) < 4.78 is 7.48. The van der Waals surface area contributed by atoms with Crippen molar-refractivity contribution >= 4 is 5.91 Å². The largest absolute Gasteiger partial charge is 0.378 e. The maximum atomic E-state index is 12.8. The molecule has 1 N–H and O–H groups in total. The number of carbonyl (C=O) groups is 1. The highest BCUT2D eigenvalue weighted by Gasteiger charge is 2.59. The minimum atomic E-state index is -0.0835. The molecule has 6 heteroatoms. The number of hydrogen-bond donors (Lipinski definition) is 1. The second kappa shape index (κ2) is 6.02. The number of ether oxygens (including phenoxy) is 1. The lowest BCUT2D eigenvalue weighted by molar-refractivity contribution is -0.169. The van der Waals surface area contributed by atoms with E-state index in [4.69, 9.17) is 4.74 Å². The first-order valence-electron chi connectivity index (χ1n) is 8.62. The van der Waals surface area contributed by atoms with E-state index < -0.39 is 0 Å². The minimum absolute atomic E-state index is 0.0835. The number of amides is 1. The molecule has 0 saturated heterocycles. The number of carbonyl (C=O) groups excluding carboxylic acids is 1. The lowest BCUT2D eigenvalue weighted by Crippen LogP contribution is -2.67. The monoisotopic (exact) mass is 326 g/mol. The van der Waals surface area contributed by atoms with Gasteiger partial charge in [-0.2, -0.15) is 5.10 Å². The van der Waals surface area contributed by atoms with Crippen molar-refractivity contribution in [1.29, 1.82) is 0 Å². The van der Waals surface area contributed by atoms with Gasteiger partial charge in [0.2, 0.25) is 0 Å². The summed E-state index contributed by atoms with van der Waals surface area (Å²) >= 11 is 0. The molecule has 24 heavy (non-hydrogen) atoms. The van der Waals surface area contributed by atoms with E-state index in [-0.39, 0.29) is 17.4 Å². The Kier molecular flexibility index (Phi) is 3.84. The zero-order chi connectivity index (χ0) is 16.6. The quantitative estimate of drug-likeness (QED) is 0.916. The average molecular weight is 326 g/mol. The van der Waals surface area contributed by atoms with E-state index in [9.17, 15) is 4.79 Å². The molecule has 0 aliphatic heterocycles. The van der Waals surface area contributed by atoms with Crippen LogP contribution in [0.1, 0.15) is 43.0 Å². The SMILES string of the molecule is CCO[C@H]1C[C@@H](NC(=O)c2cccnc2-n2cccn2)C12CCC2. The van der Waals surface area contributed by atoms with Crippen LogP contribution < -0.4 is 5.32 Å². The van der Waals surface area contributed by atoms with Crippen molar-refractivity contribution in [3.05, 3.63) is 42.4 Å². The summed E-state index contributed by atoms with van der Waals surface area (Å²) in [6.45, 7) is 2.77. The summed E-state index contributed by atoms with van der Waals surface area (Å²) in [5.41, 5.74) is 0.704. The number of rotatable bonds is 5. The number of aromatic nitrogens is 3. The third kappa shape index (κ3) is 2.33. The molecule has 1 spiro atoms. The molecule has 2 atom stereocenters. The van der Waals surface area contributed by atoms with Crippen LogP contribution in [0, 0.1) is 5.41 Å². The molecule has 126 valence electrons. The first kappa shape index (κ1) is 15.3. The third-order valence-corrected chi connectivity index (χ3v) is 5.50. The van der Waals surface area contributed by atoms with Crippen LogP contribution in [-0.4, -0.2) is 39.4 Å². The van der Waals surface area contributed by atoms with Gasteiger partial charge in [-0.05, 0) is 44.4 Å². The Bertz CT molecular complexity index is 724. The zero-order valence-electron chi connectivity index (χ0n) is 13.8. The van der Waals surface area contributed by atoms with Crippen LogP contribution in [0.4, 0.5) is 0 Å². The fraction of sp³-hybridized carbons (Fsp3) is 0.500. The predicted octanol–water partition coefficient (Wildman–Crippen LogP) is 2.34. The highest BCUT2D eigenvalue weighted by atomic mass is 16.5. The van der Waals surface area contributed by atoms with Gasteiger partial charge in [-0.15, -0.1) is 0 Å². The van der Waals surface area contributed by atoms with Crippen molar-refractivity contribution in [3.8, 4) is 5.82 Å². The molecular formula is C18H22N4O2. The number of pyridine rings is 1. The minimum Gasteiger partial charge on any atom is -0.378 e. The number of hydrogen-bond acceptors (Lipinski definition) is 4. The molecule has 2 fully saturated rings. The van der Waals surface area contributed by atoms with Crippen LogP contribution in [0.15, 0.2) is 36.8 Å². The molecule has 2 saturated carbocycles. The molecule has 2 aromatic rings. The first-order chi connectivity index (χ1) is 11.7. The van der Waals surface area contributed by atoms with Crippen molar-refractivity contribution in [2.75, 3.05) is 6.61 Å². The molecule has 2 aromatic heterocycles. The lowest BCUT2D eigenvalue weighted by atomic mass is 9.51. The molecule has 2 aliphatic rings. The zero-order valence-corrected chi connectivity index (χ0v) is 13.8. The Morgan fingerprint density at radius 2 is 2.29 bits per heavy atom. The third-order valence-electron chi connectivity index (χ3n) is 5.50. The Morgan fingerprint density at radius 3 is 2.96 bits per heavy atom. The second-order valence-corrected chi connectivity index (χ2v) is 6.62.